The third-order valence-electron chi connectivity index (χ3n) is 5.19. The van der Waals surface area contributed by atoms with Gasteiger partial charge >= 0.3 is 0 Å². The Morgan fingerprint density at radius 2 is 2.00 bits per heavy atom. The number of benzene rings is 1. The maximum Gasteiger partial charge on any atom is 0.252 e. The topological polar surface area (TPSA) is 101 Å². The lowest BCUT2D eigenvalue weighted by Gasteiger charge is -2.15. The minimum atomic E-state index is -3.33. The van der Waals surface area contributed by atoms with E-state index in [0.717, 1.165) is 23.6 Å². The van der Waals surface area contributed by atoms with Crippen molar-refractivity contribution in [3.05, 3.63) is 53.3 Å². The first-order chi connectivity index (χ1) is 13.5. The molecule has 2 saturated carbocycles. The Hall–Kier alpha value is -2.52. The smallest absolute Gasteiger partial charge is 0.252 e. The van der Waals surface area contributed by atoms with Crippen molar-refractivity contribution in [2.45, 2.75) is 36.5 Å². The van der Waals surface area contributed by atoms with E-state index < -0.39 is 15.6 Å². The molecule has 2 aliphatic carbocycles. The summed E-state index contributed by atoms with van der Waals surface area (Å²) in [6, 6.07) is 7.38. The van der Waals surface area contributed by atoms with Gasteiger partial charge in [0.2, 0.25) is 10.0 Å². The first-order valence-electron chi connectivity index (χ1n) is 9.09. The maximum absolute atomic E-state index is 12.8. The average molecular weight is 415 g/mol. The highest BCUT2D eigenvalue weighted by molar-refractivity contribution is 7.93. The van der Waals surface area contributed by atoms with Crippen LogP contribution in [0.2, 0.25) is 0 Å². The Labute approximate surface area is 166 Å². The average Bonchev–Trinajstić information content (AvgIpc) is 3.61. The number of nitrogens with zero attached hydrogens (tertiary/aromatic N) is 2. The van der Waals surface area contributed by atoms with Crippen molar-refractivity contribution < 1.29 is 13.2 Å². The van der Waals surface area contributed by atoms with Crippen LogP contribution in [0.3, 0.4) is 0 Å². The summed E-state index contributed by atoms with van der Waals surface area (Å²) in [7, 11) is -3.33. The zero-order valence-electron chi connectivity index (χ0n) is 14.9. The van der Waals surface area contributed by atoms with E-state index in [2.05, 4.69) is 20.0 Å². The first-order valence-corrected chi connectivity index (χ1v) is 11.5. The second-order valence-corrected chi connectivity index (χ2v) is 10.2. The molecule has 3 aromatic rings. The van der Waals surface area contributed by atoms with E-state index in [4.69, 9.17) is 0 Å². The van der Waals surface area contributed by atoms with Crippen molar-refractivity contribution >= 4 is 43.2 Å². The molecule has 2 N–H and O–H groups in total. The number of hydrogen-bond donors (Lipinski definition) is 2. The van der Waals surface area contributed by atoms with E-state index in [9.17, 15) is 13.2 Å². The number of anilines is 1. The van der Waals surface area contributed by atoms with Crippen LogP contribution < -0.4 is 10.0 Å². The molecule has 1 amide bonds. The van der Waals surface area contributed by atoms with Gasteiger partial charge < -0.3 is 5.32 Å². The van der Waals surface area contributed by atoms with Crippen LogP contribution in [0.4, 0.5) is 5.13 Å². The fourth-order valence-corrected chi connectivity index (χ4v) is 5.61. The molecule has 0 unspecified atom stereocenters. The van der Waals surface area contributed by atoms with Crippen LogP contribution in [0.15, 0.2) is 42.0 Å². The lowest BCUT2D eigenvalue weighted by molar-refractivity contribution is 0.0930. The number of fused-ring (bicyclic) bond motifs is 1. The highest BCUT2D eigenvalue weighted by atomic mass is 32.2. The van der Waals surface area contributed by atoms with Crippen LogP contribution in [-0.4, -0.2) is 29.5 Å². The van der Waals surface area contributed by atoms with Crippen LogP contribution in [0.1, 0.15) is 41.7 Å². The molecule has 7 nitrogen and oxygen atoms in total. The minimum absolute atomic E-state index is 0.163. The Bertz CT molecular complexity index is 1180. The van der Waals surface area contributed by atoms with Gasteiger partial charge in [-0.05, 0) is 49.3 Å². The Kier molecular flexibility index (Phi) is 3.92. The SMILES string of the molecule is O=C(NC1(c2csc(NS(=O)(=O)C3CC3)n2)CC1)c1ccc2cnccc2c1. The van der Waals surface area contributed by atoms with E-state index >= 15 is 0 Å². The van der Waals surface area contributed by atoms with Gasteiger partial charge in [-0.3, -0.25) is 14.5 Å². The van der Waals surface area contributed by atoms with Gasteiger partial charge in [0.25, 0.3) is 5.91 Å². The number of nitrogens with one attached hydrogen (secondary N) is 2. The van der Waals surface area contributed by atoms with Crippen LogP contribution in [0.25, 0.3) is 10.8 Å². The molecule has 9 heteroatoms. The van der Waals surface area contributed by atoms with E-state index in [1.54, 1.807) is 18.5 Å². The third kappa shape index (κ3) is 3.24. The first kappa shape index (κ1) is 17.6. The highest BCUT2D eigenvalue weighted by Crippen LogP contribution is 2.46. The van der Waals surface area contributed by atoms with Gasteiger partial charge in [0, 0.05) is 28.7 Å². The molecule has 28 heavy (non-hydrogen) atoms. The summed E-state index contributed by atoms with van der Waals surface area (Å²) < 4.78 is 26.7. The summed E-state index contributed by atoms with van der Waals surface area (Å²) in [6.07, 6.45) is 6.44. The summed E-state index contributed by atoms with van der Waals surface area (Å²) in [4.78, 5) is 21.3. The summed E-state index contributed by atoms with van der Waals surface area (Å²) in [5, 5.41) is 6.91. The Morgan fingerprint density at radius 3 is 2.75 bits per heavy atom. The quantitative estimate of drug-likeness (QED) is 0.646. The molecule has 1 aromatic carbocycles. The molecule has 2 heterocycles. The van der Waals surface area contributed by atoms with E-state index in [1.165, 1.54) is 11.3 Å². The van der Waals surface area contributed by atoms with Gasteiger partial charge in [0.05, 0.1) is 16.5 Å². The van der Waals surface area contributed by atoms with Gasteiger partial charge in [-0.2, -0.15) is 0 Å². The molecule has 0 spiro atoms. The predicted octanol–water partition coefficient (Wildman–Crippen LogP) is 3.01. The van der Waals surface area contributed by atoms with Crippen molar-refractivity contribution in [3.63, 3.8) is 0 Å². The van der Waals surface area contributed by atoms with Gasteiger partial charge in [-0.15, -0.1) is 11.3 Å². The number of amides is 1. The number of sulfonamides is 1. The van der Waals surface area contributed by atoms with Crippen LogP contribution in [-0.2, 0) is 15.6 Å². The molecule has 0 bridgehead atoms. The zero-order chi connectivity index (χ0) is 19.4. The van der Waals surface area contributed by atoms with E-state index in [-0.39, 0.29) is 11.2 Å². The molecule has 2 fully saturated rings. The molecule has 0 saturated heterocycles. The number of aromatic nitrogens is 2. The van der Waals surface area contributed by atoms with Crippen molar-refractivity contribution in [2.75, 3.05) is 4.72 Å². The summed E-state index contributed by atoms with van der Waals surface area (Å²) >= 11 is 1.25. The van der Waals surface area contributed by atoms with Crippen LogP contribution in [0, 0.1) is 0 Å². The standard InChI is InChI=1S/C19H18N4O3S2/c24-17(13-1-2-14-10-20-8-5-12(14)9-13)22-19(6-7-19)16-11-27-18(21-16)23-28(25,26)15-3-4-15/h1-2,5,8-11,15H,3-4,6-7H2,(H,21,23)(H,22,24). The van der Waals surface area contributed by atoms with Gasteiger partial charge in [0.15, 0.2) is 5.13 Å². The largest absolute Gasteiger partial charge is 0.341 e. The molecule has 0 atom stereocenters. The molecule has 144 valence electrons. The highest BCUT2D eigenvalue weighted by Gasteiger charge is 2.48. The molecule has 5 rings (SSSR count). The van der Waals surface area contributed by atoms with Gasteiger partial charge in [0.1, 0.15) is 0 Å². The number of carbonyl (C=O) groups excluding carboxylic acids is 1. The fraction of sp³-hybridized carbons (Fsp3) is 0.316. The number of pyridine rings is 1. The van der Waals surface area contributed by atoms with Crippen molar-refractivity contribution in [1.29, 1.82) is 0 Å². The molecule has 2 aliphatic rings. The maximum atomic E-state index is 12.8. The fourth-order valence-electron chi connectivity index (χ4n) is 3.21. The lowest BCUT2D eigenvalue weighted by atomic mass is 10.1. The van der Waals surface area contributed by atoms with E-state index in [0.29, 0.717) is 29.2 Å². The number of rotatable bonds is 6. The molecular formula is C19H18N4O3S2. The normalized spacial score (nSPS) is 18.0. The van der Waals surface area contributed by atoms with Crippen molar-refractivity contribution in [2.24, 2.45) is 0 Å². The van der Waals surface area contributed by atoms with Crippen molar-refractivity contribution in [1.82, 2.24) is 15.3 Å². The molecule has 2 aromatic heterocycles. The predicted molar refractivity (Wildman–Crippen MR) is 108 cm³/mol. The van der Waals surface area contributed by atoms with Crippen molar-refractivity contribution in [3.8, 4) is 0 Å². The lowest BCUT2D eigenvalue weighted by Crippen LogP contribution is -2.35. The number of hydrogen-bond acceptors (Lipinski definition) is 6. The number of carbonyl (C=O) groups is 1. The summed E-state index contributed by atoms with van der Waals surface area (Å²) in [6.45, 7) is 0. The van der Waals surface area contributed by atoms with E-state index in [1.807, 2.05) is 23.6 Å². The van der Waals surface area contributed by atoms with Crippen LogP contribution >= 0.6 is 11.3 Å². The summed E-state index contributed by atoms with van der Waals surface area (Å²) in [5.41, 5.74) is 0.781. The Morgan fingerprint density at radius 1 is 1.18 bits per heavy atom. The van der Waals surface area contributed by atoms with Gasteiger partial charge in [-0.25, -0.2) is 13.4 Å². The molecule has 0 radical (unpaired) electrons. The second kappa shape index (κ2) is 6.25. The molecular weight excluding hydrogens is 396 g/mol. The number of thiazole rings is 1. The Balaban J connectivity index is 1.34. The monoisotopic (exact) mass is 414 g/mol. The zero-order valence-corrected chi connectivity index (χ0v) is 16.5. The minimum Gasteiger partial charge on any atom is -0.341 e. The summed E-state index contributed by atoms with van der Waals surface area (Å²) in [5.74, 6) is -0.163. The van der Waals surface area contributed by atoms with Gasteiger partial charge in [-0.1, -0.05) is 6.07 Å². The third-order valence-corrected chi connectivity index (χ3v) is 7.91. The van der Waals surface area contributed by atoms with Crippen LogP contribution in [0.5, 0.6) is 0 Å². The second-order valence-electron chi connectivity index (χ2n) is 7.36. The molecule has 0 aliphatic heterocycles.